The van der Waals surface area contributed by atoms with Gasteiger partial charge in [0.1, 0.15) is 0 Å². The van der Waals surface area contributed by atoms with E-state index >= 15 is 0 Å². The van der Waals surface area contributed by atoms with Crippen LogP contribution in [0.3, 0.4) is 0 Å². The molecule has 0 fully saturated rings. The molecule has 0 amide bonds. The molecular formula is C17H20N4O2S. The molecule has 0 saturated carbocycles. The summed E-state index contributed by atoms with van der Waals surface area (Å²) in [5.41, 5.74) is 1.41. The van der Waals surface area contributed by atoms with Crippen molar-refractivity contribution in [1.82, 2.24) is 19.1 Å². The van der Waals surface area contributed by atoms with Crippen LogP contribution in [0.2, 0.25) is 0 Å². The van der Waals surface area contributed by atoms with Crippen molar-refractivity contribution >= 4 is 22.9 Å². The molecule has 2 heterocycles. The van der Waals surface area contributed by atoms with Crippen LogP contribution in [0.15, 0.2) is 45.1 Å². The van der Waals surface area contributed by atoms with Crippen LogP contribution in [0.25, 0.3) is 11.2 Å². The van der Waals surface area contributed by atoms with Crippen LogP contribution in [-0.2, 0) is 20.0 Å². The molecule has 7 heteroatoms. The maximum Gasteiger partial charge on any atom is 0.329 e. The Labute approximate surface area is 143 Å². The monoisotopic (exact) mass is 344 g/mol. The number of hydrogen-bond acceptors (Lipinski definition) is 4. The Morgan fingerprint density at radius 2 is 1.96 bits per heavy atom. The smallest absolute Gasteiger partial charge is 0.313 e. The van der Waals surface area contributed by atoms with Crippen LogP contribution < -0.4 is 11.2 Å². The summed E-state index contributed by atoms with van der Waals surface area (Å²) in [6.45, 7) is 2.61. The third-order valence-electron chi connectivity index (χ3n) is 3.97. The predicted octanol–water partition coefficient (Wildman–Crippen LogP) is 2.17. The molecule has 0 aliphatic rings. The number of rotatable bonds is 6. The van der Waals surface area contributed by atoms with Crippen LogP contribution >= 0.6 is 11.8 Å². The first-order valence-corrected chi connectivity index (χ1v) is 8.96. The van der Waals surface area contributed by atoms with Crippen molar-refractivity contribution in [1.29, 1.82) is 0 Å². The van der Waals surface area contributed by atoms with Crippen LogP contribution in [-0.4, -0.2) is 24.9 Å². The Hall–Kier alpha value is -2.28. The molecule has 0 saturated heterocycles. The summed E-state index contributed by atoms with van der Waals surface area (Å²) in [5, 5.41) is 0.785. The molecule has 0 radical (unpaired) electrons. The van der Waals surface area contributed by atoms with E-state index in [9.17, 15) is 9.59 Å². The van der Waals surface area contributed by atoms with Crippen LogP contribution in [0.1, 0.15) is 18.9 Å². The summed E-state index contributed by atoms with van der Waals surface area (Å²) in [6, 6.07) is 10.4. The molecule has 0 aliphatic heterocycles. The molecule has 3 rings (SSSR count). The minimum atomic E-state index is -0.436. The van der Waals surface area contributed by atoms with Crippen molar-refractivity contribution < 1.29 is 0 Å². The lowest BCUT2D eigenvalue weighted by Crippen LogP contribution is -2.29. The maximum absolute atomic E-state index is 12.1. The molecule has 3 aromatic rings. The zero-order chi connectivity index (χ0) is 17.1. The first-order valence-electron chi connectivity index (χ1n) is 7.98. The van der Waals surface area contributed by atoms with E-state index in [0.717, 1.165) is 23.8 Å². The maximum atomic E-state index is 12.1. The second kappa shape index (κ2) is 7.09. The average molecular weight is 344 g/mol. The Bertz CT molecular complexity index is 956. The zero-order valence-electron chi connectivity index (χ0n) is 13.8. The van der Waals surface area contributed by atoms with Gasteiger partial charge in [-0.2, -0.15) is 0 Å². The quantitative estimate of drug-likeness (QED) is 0.549. The topological polar surface area (TPSA) is 72.7 Å². The standard InChI is InChI=1S/C17H20N4O2S/c1-3-21-13-14(20(2)16(23)19-15(13)22)18-17(21)24-11-7-10-12-8-5-4-6-9-12/h4-6,8-9H,3,7,10-11H2,1-2H3,(H,19,22,23). The van der Waals surface area contributed by atoms with Crippen LogP contribution in [0, 0.1) is 0 Å². The number of imidazole rings is 1. The largest absolute Gasteiger partial charge is 0.329 e. The lowest BCUT2D eigenvalue weighted by Gasteiger charge is -2.05. The molecule has 24 heavy (non-hydrogen) atoms. The summed E-state index contributed by atoms with van der Waals surface area (Å²) in [6.07, 6.45) is 2.04. The highest BCUT2D eigenvalue weighted by Gasteiger charge is 2.16. The van der Waals surface area contributed by atoms with Gasteiger partial charge in [-0.05, 0) is 25.3 Å². The Morgan fingerprint density at radius 1 is 1.21 bits per heavy atom. The summed E-state index contributed by atoms with van der Waals surface area (Å²) < 4.78 is 3.26. The average Bonchev–Trinajstić information content (AvgIpc) is 2.97. The van der Waals surface area contributed by atoms with E-state index in [4.69, 9.17) is 0 Å². The van der Waals surface area contributed by atoms with Gasteiger partial charge >= 0.3 is 5.69 Å². The van der Waals surface area contributed by atoms with Gasteiger partial charge in [0.15, 0.2) is 16.3 Å². The molecule has 0 spiro atoms. The highest BCUT2D eigenvalue weighted by molar-refractivity contribution is 7.99. The summed E-state index contributed by atoms with van der Waals surface area (Å²) >= 11 is 1.62. The third-order valence-corrected chi connectivity index (χ3v) is 5.03. The van der Waals surface area contributed by atoms with Gasteiger partial charge in [-0.1, -0.05) is 42.1 Å². The summed E-state index contributed by atoms with van der Waals surface area (Å²) in [5.74, 6) is 0.907. The Morgan fingerprint density at radius 3 is 2.67 bits per heavy atom. The second-order valence-corrected chi connectivity index (χ2v) is 6.63. The van der Waals surface area contributed by atoms with E-state index in [1.165, 1.54) is 10.1 Å². The first-order chi connectivity index (χ1) is 11.6. The van der Waals surface area contributed by atoms with E-state index in [0.29, 0.717) is 17.7 Å². The SMILES string of the molecule is CCn1c(SCCCc2ccccc2)nc2c1c(=O)[nH]c(=O)n2C. The van der Waals surface area contributed by atoms with Crippen molar-refractivity contribution in [3.8, 4) is 0 Å². The van der Waals surface area contributed by atoms with Crippen molar-refractivity contribution in [3.05, 3.63) is 56.7 Å². The first kappa shape index (κ1) is 16.6. The molecule has 2 aromatic heterocycles. The number of nitrogens with zero attached hydrogens (tertiary/aromatic N) is 3. The van der Waals surface area contributed by atoms with Crippen molar-refractivity contribution in [2.45, 2.75) is 31.5 Å². The fourth-order valence-corrected chi connectivity index (χ4v) is 3.70. The number of hydrogen-bond donors (Lipinski definition) is 1. The number of thioether (sulfide) groups is 1. The lowest BCUT2D eigenvalue weighted by molar-refractivity contribution is 0.699. The van der Waals surface area contributed by atoms with Crippen LogP contribution in [0.5, 0.6) is 0 Å². The van der Waals surface area contributed by atoms with Crippen molar-refractivity contribution in [2.75, 3.05) is 5.75 Å². The van der Waals surface area contributed by atoms with E-state index in [1.54, 1.807) is 18.8 Å². The van der Waals surface area contributed by atoms with E-state index in [1.807, 2.05) is 29.7 Å². The molecular weight excluding hydrogens is 324 g/mol. The normalized spacial score (nSPS) is 11.2. The van der Waals surface area contributed by atoms with Crippen molar-refractivity contribution in [2.24, 2.45) is 7.05 Å². The highest BCUT2D eigenvalue weighted by Crippen LogP contribution is 2.22. The van der Waals surface area contributed by atoms with E-state index in [-0.39, 0.29) is 5.56 Å². The number of benzene rings is 1. The lowest BCUT2D eigenvalue weighted by atomic mass is 10.1. The number of nitrogens with one attached hydrogen (secondary N) is 1. The van der Waals surface area contributed by atoms with Gasteiger partial charge in [0.05, 0.1) is 0 Å². The highest BCUT2D eigenvalue weighted by atomic mass is 32.2. The van der Waals surface area contributed by atoms with Gasteiger partial charge in [0.25, 0.3) is 5.56 Å². The molecule has 0 atom stereocenters. The van der Waals surface area contributed by atoms with Crippen molar-refractivity contribution in [3.63, 3.8) is 0 Å². The van der Waals surface area contributed by atoms with Gasteiger partial charge in [-0.3, -0.25) is 14.3 Å². The zero-order valence-corrected chi connectivity index (χ0v) is 14.6. The molecule has 0 unspecified atom stereocenters. The molecule has 1 aromatic carbocycles. The fraction of sp³-hybridized carbons (Fsp3) is 0.353. The predicted molar refractivity (Wildman–Crippen MR) is 96.8 cm³/mol. The molecule has 0 aliphatic carbocycles. The fourth-order valence-electron chi connectivity index (χ4n) is 2.70. The van der Waals surface area contributed by atoms with E-state index in [2.05, 4.69) is 22.1 Å². The van der Waals surface area contributed by atoms with Gasteiger partial charge in [-0.25, -0.2) is 9.78 Å². The Balaban J connectivity index is 1.79. The Kier molecular flexibility index (Phi) is 4.89. The number of aryl methyl sites for hydroxylation is 3. The molecule has 6 nitrogen and oxygen atoms in total. The van der Waals surface area contributed by atoms with E-state index < -0.39 is 5.69 Å². The summed E-state index contributed by atoms with van der Waals surface area (Å²) in [4.78, 5) is 30.7. The molecule has 1 N–H and O–H groups in total. The summed E-state index contributed by atoms with van der Waals surface area (Å²) in [7, 11) is 1.62. The van der Waals surface area contributed by atoms with Gasteiger partial charge in [-0.15, -0.1) is 0 Å². The molecule has 126 valence electrons. The van der Waals surface area contributed by atoms with Gasteiger partial charge < -0.3 is 4.57 Å². The van der Waals surface area contributed by atoms with Gasteiger partial charge in [0, 0.05) is 19.3 Å². The third kappa shape index (κ3) is 3.17. The number of fused-ring (bicyclic) bond motifs is 1. The second-order valence-electron chi connectivity index (χ2n) is 5.57. The minimum Gasteiger partial charge on any atom is -0.313 e. The number of aromatic nitrogens is 4. The molecule has 0 bridgehead atoms. The minimum absolute atomic E-state index is 0.376. The van der Waals surface area contributed by atoms with Crippen LogP contribution in [0.4, 0.5) is 0 Å². The van der Waals surface area contributed by atoms with Gasteiger partial charge in [0.2, 0.25) is 0 Å². The number of aromatic amines is 1. The number of H-pyrrole nitrogens is 1.